The molecule has 0 radical (unpaired) electrons. The van der Waals surface area contributed by atoms with E-state index in [-0.39, 0.29) is 82.4 Å². The maximum atomic E-state index is 10.7. The van der Waals surface area contributed by atoms with Gasteiger partial charge in [0.1, 0.15) is 0 Å². The zero-order valence-electron chi connectivity index (χ0n) is 6.27. The Morgan fingerprint density at radius 2 is 1.40 bits per heavy atom. The smallest absolute Gasteiger partial charge is 1.00 e. The van der Waals surface area contributed by atoms with E-state index in [0.717, 1.165) is 0 Å². The second-order valence-electron chi connectivity index (χ2n) is 0.900. The van der Waals surface area contributed by atoms with Gasteiger partial charge in [-0.1, -0.05) is 0 Å². The summed E-state index contributed by atoms with van der Waals surface area (Å²) < 4.78 is 58.9. The number of alkyl halides is 3. The van der Waals surface area contributed by atoms with Crippen molar-refractivity contribution >= 4 is 10.1 Å². The summed E-state index contributed by atoms with van der Waals surface area (Å²) in [5, 5.41) is 0. The monoisotopic (exact) mass is 212 g/mol. The molecule has 0 N–H and O–H groups in total. The van der Waals surface area contributed by atoms with Gasteiger partial charge in [0.05, 0.1) is 0 Å². The van der Waals surface area contributed by atoms with E-state index in [4.69, 9.17) is 13.0 Å². The van der Waals surface area contributed by atoms with E-state index < -0.39 is 15.6 Å². The van der Waals surface area contributed by atoms with Gasteiger partial charge < -0.3 is 5.98 Å². The molecule has 0 saturated heterocycles. The Labute approximate surface area is 122 Å². The molecule has 0 aromatic rings. The Hall–Kier alpha value is 2.34. The van der Waals surface area contributed by atoms with Crippen molar-refractivity contribution in [3.63, 3.8) is 0 Å². The van der Waals surface area contributed by atoms with Gasteiger partial charge in [0, 0.05) is 0 Å². The first-order valence-corrected chi connectivity index (χ1v) is 2.68. The summed E-state index contributed by atoms with van der Waals surface area (Å²) in [5.41, 5.74) is -5.65. The molecular weight excluding hydrogens is 211 g/mol. The Balaban J connectivity index is -0.0000000817. The van der Waals surface area contributed by atoms with Crippen LogP contribution in [0.4, 0.5) is 13.2 Å². The zero-order valence-corrected chi connectivity index (χ0v) is 11.2. The zero-order chi connectivity index (χ0) is 7.00. The largest absolute Gasteiger partial charge is 1.00 e. The van der Waals surface area contributed by atoms with Crippen LogP contribution in [0.3, 0.4) is 0 Å². The number of halogens is 3. The molecule has 0 aliphatic carbocycles. The summed E-state index contributed by atoms with van der Waals surface area (Å²) in [4.78, 5) is 0. The van der Waals surface area contributed by atoms with Gasteiger partial charge in [-0.25, -0.2) is 8.42 Å². The molecule has 0 unspecified atom stereocenters. The van der Waals surface area contributed by atoms with E-state index in [2.05, 4.69) is 0 Å². The van der Waals surface area contributed by atoms with Crippen LogP contribution in [0.25, 0.3) is 0 Å². The minimum Gasteiger partial charge on any atom is -1.00 e. The molecule has 0 atom stereocenters. The molecule has 0 aromatic carbocycles. The van der Waals surface area contributed by atoms with Crippen LogP contribution in [0.2, 0.25) is 0 Å². The van der Waals surface area contributed by atoms with Gasteiger partial charge in [-0.3, -0.25) is 0 Å². The van der Waals surface area contributed by atoms with Gasteiger partial charge >= 0.3 is 86.5 Å². The van der Waals surface area contributed by atoms with Crippen molar-refractivity contribution in [1.82, 2.24) is 0 Å². The average molecular weight is 212 g/mol. The second kappa shape index (κ2) is 5.89. The van der Waals surface area contributed by atoms with Crippen LogP contribution in [0, 0.1) is 0 Å². The van der Waals surface area contributed by atoms with Crippen molar-refractivity contribution in [2.45, 2.75) is 5.51 Å². The molecule has 0 aliphatic heterocycles. The van der Waals surface area contributed by atoms with Gasteiger partial charge in [0.2, 0.25) is 0 Å². The first kappa shape index (κ1) is 18.2. The molecule has 0 saturated carbocycles. The predicted octanol–water partition coefficient (Wildman–Crippen LogP) is -5.83. The second-order valence-corrected chi connectivity index (χ2v) is 2.27. The van der Waals surface area contributed by atoms with Gasteiger partial charge in [0.25, 0.3) is 0 Å². The fraction of sp³-hybridized carbons (Fsp3) is 1.00. The third-order valence-corrected chi connectivity index (χ3v) is 0.850. The Morgan fingerprint density at radius 3 is 1.40 bits per heavy atom. The summed E-state index contributed by atoms with van der Waals surface area (Å²) in [6.45, 7) is 0. The van der Waals surface area contributed by atoms with Crippen LogP contribution in [-0.2, 0) is 10.1 Å². The molecule has 0 amide bonds. The van der Waals surface area contributed by atoms with Gasteiger partial charge in [-0.2, -0.15) is 13.2 Å². The third kappa shape index (κ3) is 7.01. The normalized spacial score (nSPS) is 11.2. The quantitative estimate of drug-likeness (QED) is 0.228. The van der Waals surface area contributed by atoms with Crippen LogP contribution in [0.1, 0.15) is 1.43 Å². The summed E-state index contributed by atoms with van der Waals surface area (Å²) in [7, 11) is -6.09. The molecule has 52 valence electrons. The predicted molar refractivity (Wildman–Crippen MR) is 16.9 cm³/mol. The van der Waals surface area contributed by atoms with E-state index in [1.54, 1.807) is 0 Å². The molecule has 0 aromatic heterocycles. The molecule has 0 heterocycles. The molecular formula is CHF3KNaO3S. The molecule has 0 fully saturated rings. The van der Waals surface area contributed by atoms with Crippen LogP contribution in [0.15, 0.2) is 0 Å². The summed E-state index contributed by atoms with van der Waals surface area (Å²) >= 11 is 0. The Kier molecular flexibility index (Phi) is 10.7. The van der Waals surface area contributed by atoms with Crippen LogP contribution in [0.5, 0.6) is 0 Å². The van der Waals surface area contributed by atoms with Crippen LogP contribution < -0.4 is 80.9 Å². The van der Waals surface area contributed by atoms with Crippen molar-refractivity contribution in [1.29, 1.82) is 0 Å². The summed E-state index contributed by atoms with van der Waals surface area (Å²) in [6, 6.07) is 0. The van der Waals surface area contributed by atoms with Crippen molar-refractivity contribution in [2.24, 2.45) is 0 Å². The minimum atomic E-state index is -6.09. The molecule has 0 aliphatic rings. The minimum absolute atomic E-state index is 0. The number of rotatable bonds is 0. The van der Waals surface area contributed by atoms with E-state index in [9.17, 15) is 13.2 Å². The van der Waals surface area contributed by atoms with Crippen molar-refractivity contribution in [2.75, 3.05) is 0 Å². The molecule has 0 rings (SSSR count). The summed E-state index contributed by atoms with van der Waals surface area (Å²) in [5.74, 6) is 0. The standard InChI is InChI=1S/CHF3O3S.K.Na.H/c2-1(3,4)8(5,6)7;;;/h(H,5,6,7);;;/q;2*+1;-1/p-1. The maximum Gasteiger partial charge on any atom is 1.00 e. The van der Waals surface area contributed by atoms with Crippen LogP contribution in [-0.4, -0.2) is 18.5 Å². The molecule has 10 heavy (non-hydrogen) atoms. The van der Waals surface area contributed by atoms with Crippen LogP contribution >= 0.6 is 0 Å². The first-order chi connectivity index (χ1) is 3.25. The molecule has 3 nitrogen and oxygen atoms in total. The topological polar surface area (TPSA) is 57.2 Å². The summed E-state index contributed by atoms with van der Waals surface area (Å²) in [6.07, 6.45) is 0. The van der Waals surface area contributed by atoms with Gasteiger partial charge in [0.15, 0.2) is 10.1 Å². The fourth-order valence-corrected chi connectivity index (χ4v) is 0. The maximum absolute atomic E-state index is 10.7. The van der Waals surface area contributed by atoms with Gasteiger partial charge in [-0.15, -0.1) is 0 Å². The first-order valence-electron chi connectivity index (χ1n) is 1.27. The third-order valence-electron chi connectivity index (χ3n) is 0.283. The van der Waals surface area contributed by atoms with Crippen molar-refractivity contribution < 1.29 is 109 Å². The molecule has 0 spiro atoms. The van der Waals surface area contributed by atoms with Crippen molar-refractivity contribution in [3.8, 4) is 0 Å². The van der Waals surface area contributed by atoms with E-state index in [1.807, 2.05) is 0 Å². The Bertz CT molecular complexity index is 178. The average Bonchev–Trinajstić information content (AvgIpc) is 1.25. The SMILES string of the molecule is O=S(=O)([O-])C(F)(F)F.[H-].[K+].[Na+]. The Morgan fingerprint density at radius 1 is 1.30 bits per heavy atom. The number of hydrogen-bond donors (Lipinski definition) is 0. The fourth-order valence-electron chi connectivity index (χ4n) is 0. The molecule has 9 heteroatoms. The van der Waals surface area contributed by atoms with E-state index >= 15 is 0 Å². The van der Waals surface area contributed by atoms with Crippen molar-refractivity contribution in [3.05, 3.63) is 0 Å². The van der Waals surface area contributed by atoms with Gasteiger partial charge in [-0.05, 0) is 0 Å². The van der Waals surface area contributed by atoms with E-state index in [1.165, 1.54) is 0 Å². The number of hydrogen-bond acceptors (Lipinski definition) is 3. The molecule has 0 bridgehead atoms. The van der Waals surface area contributed by atoms with E-state index in [0.29, 0.717) is 0 Å².